The molecule has 2 rings (SSSR count). The van der Waals surface area contributed by atoms with Gasteiger partial charge in [0.1, 0.15) is 17.5 Å². The monoisotopic (exact) mass is 321 g/mol. The molecule has 0 aliphatic rings. The minimum absolute atomic E-state index is 0. The zero-order chi connectivity index (χ0) is 15.5. The van der Waals surface area contributed by atoms with Gasteiger partial charge in [0.05, 0.1) is 35.4 Å². The summed E-state index contributed by atoms with van der Waals surface area (Å²) in [6.07, 6.45) is 0. The Hall–Kier alpha value is -1.71. The molecule has 0 saturated carbocycles. The van der Waals surface area contributed by atoms with Crippen molar-refractivity contribution >= 4 is 0 Å². The molecular formula is C18H24ClNO2. The van der Waals surface area contributed by atoms with Crippen molar-refractivity contribution in [1.29, 1.82) is 0 Å². The van der Waals surface area contributed by atoms with E-state index in [1.807, 2.05) is 24.3 Å². The first kappa shape index (κ1) is 18.3. The van der Waals surface area contributed by atoms with Crippen molar-refractivity contribution in [1.82, 2.24) is 0 Å². The molecule has 0 N–H and O–H groups in total. The molecule has 0 bridgehead atoms. The Bertz CT molecular complexity index is 526. The van der Waals surface area contributed by atoms with Gasteiger partial charge in [0, 0.05) is 11.1 Å². The summed E-state index contributed by atoms with van der Waals surface area (Å²) in [6, 6.07) is 16.9. The van der Waals surface area contributed by atoms with Crippen LogP contribution in [0, 0.1) is 0 Å². The van der Waals surface area contributed by atoms with E-state index in [2.05, 4.69) is 45.4 Å². The Balaban J connectivity index is 0.00000242. The summed E-state index contributed by atoms with van der Waals surface area (Å²) in [4.78, 5) is 0. The fourth-order valence-corrected chi connectivity index (χ4v) is 2.66. The Morgan fingerprint density at radius 1 is 0.682 bits per heavy atom. The number of benzene rings is 2. The van der Waals surface area contributed by atoms with Crippen LogP contribution in [-0.4, -0.2) is 39.8 Å². The van der Waals surface area contributed by atoms with Crippen LogP contribution in [0.25, 0.3) is 0 Å². The van der Waals surface area contributed by atoms with E-state index in [0.29, 0.717) is 0 Å². The van der Waals surface area contributed by atoms with Gasteiger partial charge in [0.15, 0.2) is 0 Å². The lowest BCUT2D eigenvalue weighted by Crippen LogP contribution is -3.00. The van der Waals surface area contributed by atoms with Gasteiger partial charge in [-0.3, -0.25) is 0 Å². The normalized spacial score (nSPS) is 11.0. The Kier molecular flexibility index (Phi) is 6.27. The molecule has 4 heteroatoms. The van der Waals surface area contributed by atoms with Crippen molar-refractivity contribution < 1.29 is 26.4 Å². The first-order valence-electron chi connectivity index (χ1n) is 7.04. The summed E-state index contributed by atoms with van der Waals surface area (Å²) < 4.78 is 11.3. The molecule has 0 aliphatic carbocycles. The largest absolute Gasteiger partial charge is 1.00 e. The predicted octanol–water partition coefficient (Wildman–Crippen LogP) is 0.503. The highest BCUT2D eigenvalue weighted by atomic mass is 35.5. The number of methoxy groups -OCH3 is 2. The van der Waals surface area contributed by atoms with Crippen molar-refractivity contribution in [3.63, 3.8) is 0 Å². The maximum Gasteiger partial charge on any atom is 0.140 e. The van der Waals surface area contributed by atoms with Gasteiger partial charge in [0.2, 0.25) is 0 Å². The van der Waals surface area contributed by atoms with E-state index in [4.69, 9.17) is 9.47 Å². The molecule has 2 aromatic carbocycles. The first-order chi connectivity index (χ1) is 9.95. The fourth-order valence-electron chi connectivity index (χ4n) is 2.66. The van der Waals surface area contributed by atoms with Crippen LogP contribution < -0.4 is 21.9 Å². The van der Waals surface area contributed by atoms with Crippen molar-refractivity contribution in [3.05, 3.63) is 59.7 Å². The van der Waals surface area contributed by atoms with Gasteiger partial charge in [-0.1, -0.05) is 0 Å². The van der Waals surface area contributed by atoms with Crippen LogP contribution in [0.1, 0.15) is 17.2 Å². The second-order valence-electron chi connectivity index (χ2n) is 6.07. The van der Waals surface area contributed by atoms with E-state index in [0.717, 1.165) is 16.0 Å². The Morgan fingerprint density at radius 2 is 1.00 bits per heavy atom. The molecule has 0 heterocycles. The van der Waals surface area contributed by atoms with Crippen molar-refractivity contribution in [2.45, 2.75) is 6.04 Å². The Morgan fingerprint density at radius 3 is 1.23 bits per heavy atom. The van der Waals surface area contributed by atoms with E-state index in [1.165, 1.54) is 11.1 Å². The smallest absolute Gasteiger partial charge is 0.140 e. The van der Waals surface area contributed by atoms with Crippen LogP contribution in [0.5, 0.6) is 11.5 Å². The lowest BCUT2D eigenvalue weighted by molar-refractivity contribution is -0.896. The minimum Gasteiger partial charge on any atom is -1.00 e. The van der Waals surface area contributed by atoms with Gasteiger partial charge >= 0.3 is 0 Å². The second-order valence-corrected chi connectivity index (χ2v) is 6.07. The average molecular weight is 322 g/mol. The number of ether oxygens (including phenoxy) is 2. The van der Waals surface area contributed by atoms with Gasteiger partial charge in [-0.25, -0.2) is 0 Å². The summed E-state index contributed by atoms with van der Waals surface area (Å²) in [5.74, 6) is 1.77. The van der Waals surface area contributed by atoms with Crippen molar-refractivity contribution in [3.8, 4) is 11.5 Å². The summed E-state index contributed by atoms with van der Waals surface area (Å²) >= 11 is 0. The topological polar surface area (TPSA) is 18.5 Å². The zero-order valence-electron chi connectivity index (χ0n) is 13.8. The molecule has 0 aromatic heterocycles. The number of quaternary nitrogens is 1. The molecule has 0 atom stereocenters. The summed E-state index contributed by atoms with van der Waals surface area (Å²) in [7, 11) is 10.0. The highest BCUT2D eigenvalue weighted by Gasteiger charge is 2.27. The van der Waals surface area contributed by atoms with Gasteiger partial charge in [0.25, 0.3) is 0 Å². The summed E-state index contributed by atoms with van der Waals surface area (Å²) in [5, 5.41) is 0. The van der Waals surface area contributed by atoms with E-state index < -0.39 is 0 Å². The molecule has 120 valence electrons. The maximum absolute atomic E-state index is 5.25. The zero-order valence-corrected chi connectivity index (χ0v) is 14.6. The molecule has 0 radical (unpaired) electrons. The van der Waals surface area contributed by atoms with E-state index >= 15 is 0 Å². The number of halogens is 1. The van der Waals surface area contributed by atoms with E-state index in [-0.39, 0.29) is 18.4 Å². The van der Waals surface area contributed by atoms with Gasteiger partial charge in [-0.2, -0.15) is 0 Å². The summed E-state index contributed by atoms with van der Waals surface area (Å²) in [5.41, 5.74) is 2.54. The Labute approximate surface area is 139 Å². The third kappa shape index (κ3) is 4.15. The molecule has 22 heavy (non-hydrogen) atoms. The number of rotatable bonds is 5. The fraction of sp³-hybridized carbons (Fsp3) is 0.333. The standard InChI is InChI=1S/C18H24NO2.ClH/c1-19(2,3)18(14-6-10-16(20-4)11-7-14)15-8-12-17(21-5)13-9-15;/h6-13,18H,1-5H3;1H/q+1;/p-1. The van der Waals surface area contributed by atoms with Crippen LogP contribution in [0.15, 0.2) is 48.5 Å². The third-order valence-corrected chi connectivity index (χ3v) is 3.64. The lowest BCUT2D eigenvalue weighted by atomic mass is 9.96. The highest BCUT2D eigenvalue weighted by molar-refractivity contribution is 5.36. The molecular weight excluding hydrogens is 298 g/mol. The van der Waals surface area contributed by atoms with Crippen LogP contribution in [0.3, 0.4) is 0 Å². The maximum atomic E-state index is 5.25. The number of nitrogens with zero attached hydrogens (tertiary/aromatic N) is 1. The molecule has 0 aliphatic heterocycles. The minimum atomic E-state index is 0. The van der Waals surface area contributed by atoms with Crippen LogP contribution in [0.2, 0.25) is 0 Å². The first-order valence-corrected chi connectivity index (χ1v) is 7.04. The number of hydrogen-bond donors (Lipinski definition) is 0. The average Bonchev–Trinajstić information content (AvgIpc) is 2.47. The third-order valence-electron chi connectivity index (χ3n) is 3.64. The molecule has 0 spiro atoms. The summed E-state index contributed by atoms with van der Waals surface area (Å²) in [6.45, 7) is 0. The second kappa shape index (κ2) is 7.52. The van der Waals surface area contributed by atoms with Crippen molar-refractivity contribution in [2.24, 2.45) is 0 Å². The molecule has 0 unspecified atom stereocenters. The molecule has 0 amide bonds. The van der Waals surface area contributed by atoms with E-state index in [1.54, 1.807) is 14.2 Å². The quantitative estimate of drug-likeness (QED) is 0.747. The highest BCUT2D eigenvalue weighted by Crippen LogP contribution is 2.32. The van der Waals surface area contributed by atoms with Gasteiger partial charge in [-0.05, 0) is 48.5 Å². The molecule has 0 fully saturated rings. The molecule has 3 nitrogen and oxygen atoms in total. The van der Waals surface area contributed by atoms with Gasteiger partial charge in [-0.15, -0.1) is 0 Å². The number of hydrogen-bond acceptors (Lipinski definition) is 2. The SMILES string of the molecule is COc1ccc(C(c2ccc(OC)cc2)[N+](C)(C)C)cc1.[Cl-]. The van der Waals surface area contributed by atoms with Crippen molar-refractivity contribution in [2.75, 3.05) is 35.4 Å². The molecule has 0 saturated heterocycles. The van der Waals surface area contributed by atoms with Crippen LogP contribution in [0.4, 0.5) is 0 Å². The van der Waals surface area contributed by atoms with E-state index in [9.17, 15) is 0 Å². The van der Waals surface area contributed by atoms with Crippen LogP contribution >= 0.6 is 0 Å². The lowest BCUT2D eigenvalue weighted by Gasteiger charge is -2.35. The van der Waals surface area contributed by atoms with Crippen LogP contribution in [-0.2, 0) is 0 Å². The molecule has 2 aromatic rings. The predicted molar refractivity (Wildman–Crippen MR) is 85.9 cm³/mol. The van der Waals surface area contributed by atoms with Gasteiger partial charge < -0.3 is 26.4 Å².